The second kappa shape index (κ2) is 8.10. The zero-order valence-electron chi connectivity index (χ0n) is 16.7. The Morgan fingerprint density at radius 1 is 0.967 bits per heavy atom. The lowest BCUT2D eigenvalue weighted by Gasteiger charge is -2.19. The number of para-hydroxylation sites is 1. The lowest BCUT2D eigenvalue weighted by atomic mass is 10.1. The van der Waals surface area contributed by atoms with E-state index in [1.54, 1.807) is 29.2 Å². The van der Waals surface area contributed by atoms with Crippen molar-refractivity contribution < 1.29 is 23.9 Å². The molecule has 0 N–H and O–H groups in total. The van der Waals surface area contributed by atoms with Crippen molar-refractivity contribution in [1.29, 1.82) is 0 Å². The number of anilines is 2. The van der Waals surface area contributed by atoms with Crippen LogP contribution in [0.5, 0.6) is 5.75 Å². The third-order valence-electron chi connectivity index (χ3n) is 5.49. The minimum absolute atomic E-state index is 0.0979. The Morgan fingerprint density at radius 3 is 2.30 bits per heavy atom. The van der Waals surface area contributed by atoms with Crippen molar-refractivity contribution in [3.63, 3.8) is 0 Å². The molecule has 1 atom stereocenters. The summed E-state index contributed by atoms with van der Waals surface area (Å²) in [7, 11) is 0. The van der Waals surface area contributed by atoms with Crippen molar-refractivity contribution in [3.8, 4) is 5.75 Å². The predicted octanol–water partition coefficient (Wildman–Crippen LogP) is 2.86. The number of ether oxygens (including phenoxy) is 1. The van der Waals surface area contributed by atoms with E-state index in [-0.39, 0.29) is 43.5 Å². The Morgan fingerprint density at radius 2 is 1.63 bits per heavy atom. The fourth-order valence-electron chi connectivity index (χ4n) is 3.90. The highest BCUT2D eigenvalue weighted by atomic mass is 16.5. The van der Waals surface area contributed by atoms with Gasteiger partial charge in [0.2, 0.25) is 17.7 Å². The highest BCUT2D eigenvalue weighted by Gasteiger charge is 2.37. The topological polar surface area (TPSA) is 84.0 Å². The molecule has 3 amide bonds. The molecule has 7 nitrogen and oxygen atoms in total. The number of esters is 1. The summed E-state index contributed by atoms with van der Waals surface area (Å²) in [5.74, 6) is -1.28. The van der Waals surface area contributed by atoms with Gasteiger partial charge in [-0.05, 0) is 42.3 Å². The van der Waals surface area contributed by atoms with E-state index in [2.05, 4.69) is 0 Å². The van der Waals surface area contributed by atoms with Gasteiger partial charge >= 0.3 is 5.97 Å². The van der Waals surface area contributed by atoms with E-state index in [0.29, 0.717) is 11.4 Å². The van der Waals surface area contributed by atoms with Gasteiger partial charge in [-0.25, -0.2) is 0 Å². The molecule has 2 aliphatic heterocycles. The van der Waals surface area contributed by atoms with E-state index >= 15 is 0 Å². The number of imide groups is 1. The normalized spacial score (nSPS) is 19.0. The molecule has 0 aliphatic carbocycles. The van der Waals surface area contributed by atoms with E-state index in [0.717, 1.165) is 22.6 Å². The molecule has 154 valence electrons. The van der Waals surface area contributed by atoms with Crippen molar-refractivity contribution in [2.45, 2.75) is 32.6 Å². The molecule has 0 saturated carbocycles. The molecule has 2 aromatic rings. The summed E-state index contributed by atoms with van der Waals surface area (Å²) in [5.41, 5.74) is 2.35. The first-order chi connectivity index (χ1) is 14.5. The number of hydrogen-bond acceptors (Lipinski definition) is 5. The monoisotopic (exact) mass is 406 g/mol. The van der Waals surface area contributed by atoms with Crippen molar-refractivity contribution in [3.05, 3.63) is 54.1 Å². The lowest BCUT2D eigenvalue weighted by Crippen LogP contribution is -2.28. The summed E-state index contributed by atoms with van der Waals surface area (Å²) < 4.78 is 5.45. The first kappa shape index (κ1) is 19.8. The van der Waals surface area contributed by atoms with Crippen molar-refractivity contribution in [2.75, 3.05) is 16.3 Å². The first-order valence-corrected chi connectivity index (χ1v) is 10.0. The molecule has 0 radical (unpaired) electrons. The molecule has 4 rings (SSSR count). The molecule has 30 heavy (non-hydrogen) atoms. The Labute approximate surface area is 174 Å². The summed E-state index contributed by atoms with van der Waals surface area (Å²) in [6.07, 6.45) is 1.32. The van der Waals surface area contributed by atoms with Gasteiger partial charge in [-0.2, -0.15) is 0 Å². The van der Waals surface area contributed by atoms with Crippen LogP contribution in [0.4, 0.5) is 11.4 Å². The van der Waals surface area contributed by atoms with Crippen LogP contribution in [0.3, 0.4) is 0 Å². The largest absolute Gasteiger partial charge is 0.426 e. The van der Waals surface area contributed by atoms with Crippen molar-refractivity contribution >= 4 is 35.1 Å². The van der Waals surface area contributed by atoms with Crippen LogP contribution >= 0.6 is 0 Å². The Kier molecular flexibility index (Phi) is 5.35. The minimum atomic E-state index is -0.552. The highest BCUT2D eigenvalue weighted by molar-refractivity contribution is 6.19. The van der Waals surface area contributed by atoms with Gasteiger partial charge in [-0.1, -0.05) is 25.1 Å². The molecular formula is C23H22N2O5. The molecule has 2 heterocycles. The van der Waals surface area contributed by atoms with Crippen LogP contribution in [0.1, 0.15) is 31.7 Å². The van der Waals surface area contributed by atoms with E-state index < -0.39 is 11.9 Å². The molecule has 0 unspecified atom stereocenters. The number of carbonyl (C=O) groups is 4. The highest BCUT2D eigenvalue weighted by Crippen LogP contribution is 2.30. The predicted molar refractivity (Wildman–Crippen MR) is 110 cm³/mol. The van der Waals surface area contributed by atoms with Crippen molar-refractivity contribution in [1.82, 2.24) is 0 Å². The van der Waals surface area contributed by atoms with Gasteiger partial charge in [0.1, 0.15) is 5.75 Å². The van der Waals surface area contributed by atoms with Crippen LogP contribution in [0.15, 0.2) is 48.5 Å². The zero-order chi connectivity index (χ0) is 21.3. The second-order valence-corrected chi connectivity index (χ2v) is 7.43. The molecule has 0 spiro atoms. The minimum Gasteiger partial charge on any atom is -0.426 e. The number of amides is 3. The Balaban J connectivity index is 1.43. The van der Waals surface area contributed by atoms with Gasteiger partial charge in [0.15, 0.2) is 0 Å². The Bertz CT molecular complexity index is 999. The van der Waals surface area contributed by atoms with Crippen molar-refractivity contribution in [2.24, 2.45) is 5.92 Å². The quantitative estimate of drug-likeness (QED) is 0.433. The molecule has 7 heteroatoms. The number of aryl methyl sites for hydroxylation is 1. The lowest BCUT2D eigenvalue weighted by molar-refractivity contribution is -0.139. The number of hydrogen-bond donors (Lipinski definition) is 0. The molecule has 0 aromatic heterocycles. The summed E-state index contributed by atoms with van der Waals surface area (Å²) in [6, 6.07) is 13.9. The third-order valence-corrected chi connectivity index (χ3v) is 5.49. The molecular weight excluding hydrogens is 384 g/mol. The molecule has 2 aliphatic rings. The van der Waals surface area contributed by atoms with Crippen LogP contribution in [-0.2, 0) is 25.6 Å². The standard InChI is InChI=1S/C23H22N2O5/c1-2-15-5-3-4-6-19(15)24-14-16(13-22(24)28)23(29)30-18-9-7-17(8-10-18)25-20(26)11-12-21(25)27/h3-10,16H,2,11-14H2,1H3/t16-/m1/s1. The Hall–Kier alpha value is -3.48. The SMILES string of the molecule is CCc1ccccc1N1C[C@H](C(=O)Oc2ccc(N3C(=O)CCC3=O)cc2)CC1=O. The third kappa shape index (κ3) is 3.70. The van der Waals surface area contributed by atoms with Crippen LogP contribution in [0, 0.1) is 5.92 Å². The van der Waals surface area contributed by atoms with E-state index in [1.807, 2.05) is 31.2 Å². The number of rotatable bonds is 5. The number of nitrogens with zero attached hydrogens (tertiary/aromatic N) is 2. The van der Waals surface area contributed by atoms with Gasteiger partial charge in [0.25, 0.3) is 0 Å². The molecule has 0 bridgehead atoms. The maximum Gasteiger partial charge on any atom is 0.316 e. The van der Waals surface area contributed by atoms with Gasteiger partial charge in [-0.3, -0.25) is 24.1 Å². The maximum absolute atomic E-state index is 12.6. The van der Waals surface area contributed by atoms with Gasteiger partial charge < -0.3 is 9.64 Å². The smallest absolute Gasteiger partial charge is 0.316 e. The fourth-order valence-corrected chi connectivity index (χ4v) is 3.90. The number of carbonyl (C=O) groups excluding carboxylic acids is 4. The van der Waals surface area contributed by atoms with Crippen LogP contribution in [0.25, 0.3) is 0 Å². The fraction of sp³-hybridized carbons (Fsp3) is 0.304. The van der Waals surface area contributed by atoms with Crippen LogP contribution < -0.4 is 14.5 Å². The van der Waals surface area contributed by atoms with E-state index in [4.69, 9.17) is 4.74 Å². The zero-order valence-corrected chi connectivity index (χ0v) is 16.7. The van der Waals surface area contributed by atoms with Crippen LogP contribution in [0.2, 0.25) is 0 Å². The second-order valence-electron chi connectivity index (χ2n) is 7.43. The van der Waals surface area contributed by atoms with Gasteiger partial charge in [-0.15, -0.1) is 0 Å². The summed E-state index contributed by atoms with van der Waals surface area (Å²) in [6.45, 7) is 2.31. The molecule has 2 saturated heterocycles. The van der Waals surface area contributed by atoms with E-state index in [9.17, 15) is 19.2 Å². The van der Waals surface area contributed by atoms with Gasteiger partial charge in [0, 0.05) is 31.5 Å². The maximum atomic E-state index is 12.6. The summed E-state index contributed by atoms with van der Waals surface area (Å²) in [5, 5.41) is 0. The average Bonchev–Trinajstić information content (AvgIpc) is 3.30. The number of benzene rings is 2. The summed E-state index contributed by atoms with van der Waals surface area (Å²) >= 11 is 0. The summed E-state index contributed by atoms with van der Waals surface area (Å²) in [4.78, 5) is 51.6. The average molecular weight is 406 g/mol. The molecule has 2 fully saturated rings. The van der Waals surface area contributed by atoms with Gasteiger partial charge in [0.05, 0.1) is 11.6 Å². The van der Waals surface area contributed by atoms with E-state index in [1.165, 1.54) is 0 Å². The van der Waals surface area contributed by atoms with Crippen LogP contribution in [-0.4, -0.2) is 30.2 Å². The molecule has 2 aromatic carbocycles. The first-order valence-electron chi connectivity index (χ1n) is 10.0.